The highest BCUT2D eigenvalue weighted by Crippen LogP contribution is 2.17. The van der Waals surface area contributed by atoms with Crippen LogP contribution in [-0.4, -0.2) is 35.0 Å². The van der Waals surface area contributed by atoms with Gasteiger partial charge in [-0.25, -0.2) is 0 Å². The summed E-state index contributed by atoms with van der Waals surface area (Å²) < 4.78 is 4.66. The van der Waals surface area contributed by atoms with Crippen LogP contribution in [0.4, 0.5) is 5.82 Å². The fraction of sp³-hybridized carbons (Fsp3) is 0.105. The summed E-state index contributed by atoms with van der Waals surface area (Å²) in [6.07, 6.45) is 2.94. The quantitative estimate of drug-likeness (QED) is 0.702. The Kier molecular flexibility index (Phi) is 4.89. The lowest BCUT2D eigenvalue weighted by Gasteiger charge is -2.20. The van der Waals surface area contributed by atoms with Gasteiger partial charge in [0.25, 0.3) is 5.91 Å². The predicted molar refractivity (Wildman–Crippen MR) is 95.2 cm³/mol. The molecule has 0 radical (unpaired) electrons. The van der Waals surface area contributed by atoms with Gasteiger partial charge in [-0.05, 0) is 22.9 Å². The number of benzene rings is 2. The topological polar surface area (TPSA) is 75.4 Å². The average molecular weight is 335 g/mol. The van der Waals surface area contributed by atoms with E-state index >= 15 is 0 Å². The molecular formula is C19H17N3O3. The highest BCUT2D eigenvalue weighted by atomic mass is 16.5. The molecule has 2 aromatic carbocycles. The summed E-state index contributed by atoms with van der Waals surface area (Å²) in [7, 11) is 0. The van der Waals surface area contributed by atoms with E-state index in [-0.39, 0.29) is 24.9 Å². The monoisotopic (exact) mass is 335 g/mol. The van der Waals surface area contributed by atoms with Crippen LogP contribution >= 0.6 is 0 Å². The van der Waals surface area contributed by atoms with Crippen LogP contribution in [-0.2, 0) is 4.79 Å². The molecule has 0 saturated carbocycles. The molecule has 0 aliphatic rings. The highest BCUT2D eigenvalue weighted by Gasteiger charge is 2.18. The lowest BCUT2D eigenvalue weighted by atomic mass is 10.1. The maximum Gasteiger partial charge on any atom is 0.254 e. The molecule has 0 atom stereocenters. The summed E-state index contributed by atoms with van der Waals surface area (Å²) in [6, 6.07) is 14.8. The van der Waals surface area contributed by atoms with Gasteiger partial charge in [0.05, 0.1) is 0 Å². The number of fused-ring (bicyclic) bond motifs is 1. The van der Waals surface area contributed by atoms with E-state index in [9.17, 15) is 9.59 Å². The number of amides is 2. The van der Waals surface area contributed by atoms with Crippen LogP contribution in [0.1, 0.15) is 10.4 Å². The van der Waals surface area contributed by atoms with E-state index in [1.54, 1.807) is 12.1 Å². The molecular weight excluding hydrogens is 318 g/mol. The smallest absolute Gasteiger partial charge is 0.254 e. The maximum atomic E-state index is 12.8. The van der Waals surface area contributed by atoms with E-state index in [0.29, 0.717) is 11.4 Å². The van der Waals surface area contributed by atoms with Crippen LogP contribution < -0.4 is 5.32 Å². The van der Waals surface area contributed by atoms with Crippen LogP contribution in [0.15, 0.2) is 72.0 Å². The van der Waals surface area contributed by atoms with Crippen LogP contribution in [0.5, 0.6) is 0 Å². The van der Waals surface area contributed by atoms with E-state index in [0.717, 1.165) is 10.8 Å². The number of nitrogens with zero attached hydrogens (tertiary/aromatic N) is 2. The van der Waals surface area contributed by atoms with Crippen molar-refractivity contribution in [2.24, 2.45) is 0 Å². The van der Waals surface area contributed by atoms with Gasteiger partial charge in [0.1, 0.15) is 12.8 Å². The Balaban J connectivity index is 1.77. The summed E-state index contributed by atoms with van der Waals surface area (Å²) in [5.41, 5.74) is 0.523. The molecule has 0 saturated heterocycles. The van der Waals surface area contributed by atoms with Crippen molar-refractivity contribution in [1.82, 2.24) is 10.1 Å². The number of rotatable bonds is 6. The third-order valence-corrected chi connectivity index (χ3v) is 3.67. The van der Waals surface area contributed by atoms with E-state index in [2.05, 4.69) is 21.6 Å². The normalized spacial score (nSPS) is 10.4. The molecule has 0 bridgehead atoms. The van der Waals surface area contributed by atoms with E-state index in [1.807, 2.05) is 36.4 Å². The summed E-state index contributed by atoms with van der Waals surface area (Å²) in [5.74, 6) is -0.285. The minimum absolute atomic E-state index is 0.107. The summed E-state index contributed by atoms with van der Waals surface area (Å²) in [6.45, 7) is 3.81. The van der Waals surface area contributed by atoms with Crippen molar-refractivity contribution in [3.63, 3.8) is 0 Å². The third-order valence-electron chi connectivity index (χ3n) is 3.67. The van der Waals surface area contributed by atoms with Crippen molar-refractivity contribution in [3.05, 3.63) is 73.0 Å². The standard InChI is InChI=1S/C19H17N3O3/c1-2-10-22(13-18(23)20-17-9-11-25-21-17)19(24)16-8-7-14-5-3-4-6-15(14)12-16/h2-9,11-12H,1,10,13H2,(H,20,21,23). The van der Waals surface area contributed by atoms with Crippen LogP contribution in [0.3, 0.4) is 0 Å². The second-order valence-corrected chi connectivity index (χ2v) is 5.47. The van der Waals surface area contributed by atoms with Crippen molar-refractivity contribution in [2.45, 2.75) is 0 Å². The zero-order valence-corrected chi connectivity index (χ0v) is 13.5. The first-order chi connectivity index (χ1) is 12.2. The Morgan fingerprint density at radius 1 is 1.16 bits per heavy atom. The van der Waals surface area contributed by atoms with Crippen molar-refractivity contribution < 1.29 is 14.1 Å². The second kappa shape index (κ2) is 7.44. The molecule has 25 heavy (non-hydrogen) atoms. The van der Waals surface area contributed by atoms with Crippen LogP contribution in [0.25, 0.3) is 10.8 Å². The number of hydrogen-bond acceptors (Lipinski definition) is 4. The van der Waals surface area contributed by atoms with Gasteiger partial charge in [-0.3, -0.25) is 9.59 Å². The Bertz CT molecular complexity index is 903. The zero-order chi connectivity index (χ0) is 17.6. The molecule has 3 aromatic rings. The third kappa shape index (κ3) is 3.92. The van der Waals surface area contributed by atoms with Gasteiger partial charge >= 0.3 is 0 Å². The molecule has 0 aliphatic heterocycles. The minimum atomic E-state index is -0.357. The van der Waals surface area contributed by atoms with Crippen LogP contribution in [0, 0.1) is 0 Å². The Morgan fingerprint density at radius 3 is 2.68 bits per heavy atom. The lowest BCUT2D eigenvalue weighted by molar-refractivity contribution is -0.116. The number of carbonyl (C=O) groups excluding carboxylic acids is 2. The second-order valence-electron chi connectivity index (χ2n) is 5.47. The zero-order valence-electron chi connectivity index (χ0n) is 13.5. The summed E-state index contributed by atoms with van der Waals surface area (Å²) in [4.78, 5) is 26.3. The molecule has 0 spiro atoms. The van der Waals surface area contributed by atoms with Gasteiger partial charge in [0.15, 0.2) is 5.82 Å². The Morgan fingerprint density at radius 2 is 1.96 bits per heavy atom. The van der Waals surface area contributed by atoms with E-state index in [1.165, 1.54) is 17.2 Å². The maximum absolute atomic E-state index is 12.8. The first kappa shape index (κ1) is 16.4. The number of hydrogen-bond donors (Lipinski definition) is 1. The molecule has 0 aliphatic carbocycles. The molecule has 1 heterocycles. The number of aromatic nitrogens is 1. The van der Waals surface area contributed by atoms with Gasteiger partial charge < -0.3 is 14.7 Å². The van der Waals surface area contributed by atoms with Gasteiger partial charge in [-0.15, -0.1) is 6.58 Å². The minimum Gasteiger partial charge on any atom is -0.363 e. The van der Waals surface area contributed by atoms with Crippen molar-refractivity contribution in [3.8, 4) is 0 Å². The molecule has 3 rings (SSSR count). The molecule has 6 heteroatoms. The molecule has 1 N–H and O–H groups in total. The Hall–Kier alpha value is -3.41. The molecule has 126 valence electrons. The number of nitrogens with one attached hydrogen (secondary N) is 1. The molecule has 6 nitrogen and oxygen atoms in total. The molecule has 2 amide bonds. The van der Waals surface area contributed by atoms with Crippen molar-refractivity contribution in [2.75, 3.05) is 18.4 Å². The van der Waals surface area contributed by atoms with Gasteiger partial charge in [0.2, 0.25) is 5.91 Å². The largest absolute Gasteiger partial charge is 0.363 e. The summed E-state index contributed by atoms with van der Waals surface area (Å²) >= 11 is 0. The van der Waals surface area contributed by atoms with Gasteiger partial charge in [-0.1, -0.05) is 41.6 Å². The predicted octanol–water partition coefficient (Wildman–Crippen LogP) is 3.09. The highest BCUT2D eigenvalue weighted by molar-refractivity contribution is 6.01. The van der Waals surface area contributed by atoms with Gasteiger partial charge in [-0.2, -0.15) is 0 Å². The van der Waals surface area contributed by atoms with Gasteiger partial charge in [0, 0.05) is 18.2 Å². The number of anilines is 1. The average Bonchev–Trinajstić information content (AvgIpc) is 3.13. The van der Waals surface area contributed by atoms with Crippen molar-refractivity contribution >= 4 is 28.4 Å². The van der Waals surface area contributed by atoms with Crippen LogP contribution in [0.2, 0.25) is 0 Å². The first-order valence-electron chi connectivity index (χ1n) is 7.76. The van der Waals surface area contributed by atoms with Crippen molar-refractivity contribution in [1.29, 1.82) is 0 Å². The fourth-order valence-electron chi connectivity index (χ4n) is 2.51. The SMILES string of the molecule is C=CCN(CC(=O)Nc1ccon1)C(=O)c1ccc2ccccc2c1. The Labute approximate surface area is 144 Å². The number of carbonyl (C=O) groups is 2. The molecule has 1 aromatic heterocycles. The lowest BCUT2D eigenvalue weighted by Crippen LogP contribution is -2.38. The van der Waals surface area contributed by atoms with E-state index < -0.39 is 0 Å². The molecule has 0 fully saturated rings. The molecule has 0 unspecified atom stereocenters. The van der Waals surface area contributed by atoms with E-state index in [4.69, 9.17) is 0 Å². The fourth-order valence-corrected chi connectivity index (χ4v) is 2.51. The first-order valence-corrected chi connectivity index (χ1v) is 7.76. The summed E-state index contributed by atoms with van der Waals surface area (Å²) in [5, 5.41) is 8.22.